The standard InChI is InChI=1S/C12H11N3O/c1-2-11-14-12(10(16)6-7-13)9-5-3-4-8-15(9)11/h3-5,8H,2,6H2,1H3. The molecular weight excluding hydrogens is 202 g/mol. The molecule has 0 fully saturated rings. The molecule has 0 spiro atoms. The van der Waals surface area contributed by atoms with Crippen molar-refractivity contribution in [2.75, 3.05) is 0 Å². The van der Waals surface area contributed by atoms with Crippen molar-refractivity contribution in [2.24, 2.45) is 0 Å². The van der Waals surface area contributed by atoms with E-state index in [1.807, 2.05) is 41.8 Å². The van der Waals surface area contributed by atoms with Gasteiger partial charge in [0.05, 0.1) is 11.6 Å². The van der Waals surface area contributed by atoms with Crippen molar-refractivity contribution in [2.45, 2.75) is 19.8 Å². The number of fused-ring (bicyclic) bond motifs is 1. The van der Waals surface area contributed by atoms with E-state index in [1.165, 1.54) is 0 Å². The summed E-state index contributed by atoms with van der Waals surface area (Å²) in [7, 11) is 0. The Kier molecular flexibility index (Phi) is 2.69. The van der Waals surface area contributed by atoms with E-state index < -0.39 is 0 Å². The fourth-order valence-electron chi connectivity index (χ4n) is 1.71. The van der Waals surface area contributed by atoms with Gasteiger partial charge in [0, 0.05) is 12.6 Å². The van der Waals surface area contributed by atoms with E-state index >= 15 is 0 Å². The lowest BCUT2D eigenvalue weighted by Crippen LogP contribution is -1.98. The molecule has 0 saturated heterocycles. The molecule has 0 aliphatic rings. The van der Waals surface area contributed by atoms with Gasteiger partial charge in [-0.3, -0.25) is 4.79 Å². The number of ketones is 1. The summed E-state index contributed by atoms with van der Waals surface area (Å²) in [6.45, 7) is 1.99. The Morgan fingerprint density at radius 2 is 2.38 bits per heavy atom. The van der Waals surface area contributed by atoms with Crippen LogP contribution in [-0.4, -0.2) is 15.2 Å². The van der Waals surface area contributed by atoms with Gasteiger partial charge in [-0.25, -0.2) is 4.98 Å². The second-order valence-electron chi connectivity index (χ2n) is 3.44. The zero-order chi connectivity index (χ0) is 11.5. The quantitative estimate of drug-likeness (QED) is 0.732. The van der Waals surface area contributed by atoms with Gasteiger partial charge in [-0.2, -0.15) is 5.26 Å². The molecule has 0 unspecified atom stereocenters. The van der Waals surface area contributed by atoms with Gasteiger partial charge in [-0.1, -0.05) is 13.0 Å². The third-order valence-electron chi connectivity index (χ3n) is 2.44. The first-order valence-corrected chi connectivity index (χ1v) is 5.14. The molecule has 0 radical (unpaired) electrons. The minimum Gasteiger partial charge on any atom is -0.303 e. The van der Waals surface area contributed by atoms with Crippen molar-refractivity contribution in [3.05, 3.63) is 35.9 Å². The first kappa shape index (κ1) is 10.4. The highest BCUT2D eigenvalue weighted by Gasteiger charge is 2.15. The van der Waals surface area contributed by atoms with Crippen LogP contribution < -0.4 is 0 Å². The van der Waals surface area contributed by atoms with Gasteiger partial charge in [-0.05, 0) is 12.1 Å². The summed E-state index contributed by atoms with van der Waals surface area (Å²) in [5.41, 5.74) is 1.18. The summed E-state index contributed by atoms with van der Waals surface area (Å²) in [4.78, 5) is 16.0. The first-order valence-electron chi connectivity index (χ1n) is 5.14. The van der Waals surface area contributed by atoms with Crippen LogP contribution in [0.25, 0.3) is 5.52 Å². The molecule has 0 atom stereocenters. The van der Waals surface area contributed by atoms with E-state index in [4.69, 9.17) is 5.26 Å². The lowest BCUT2D eigenvalue weighted by atomic mass is 10.2. The Labute approximate surface area is 93.1 Å². The van der Waals surface area contributed by atoms with Crippen LogP contribution in [0.2, 0.25) is 0 Å². The molecule has 2 aromatic heterocycles. The van der Waals surface area contributed by atoms with Gasteiger partial charge >= 0.3 is 0 Å². The van der Waals surface area contributed by atoms with E-state index in [2.05, 4.69) is 4.98 Å². The van der Waals surface area contributed by atoms with Crippen LogP contribution in [0.3, 0.4) is 0 Å². The van der Waals surface area contributed by atoms with Gasteiger partial charge in [-0.15, -0.1) is 0 Å². The summed E-state index contributed by atoms with van der Waals surface area (Å²) >= 11 is 0. The largest absolute Gasteiger partial charge is 0.303 e. The molecule has 0 aromatic carbocycles. The summed E-state index contributed by atoms with van der Waals surface area (Å²) in [6.07, 6.45) is 2.51. The van der Waals surface area contributed by atoms with Crippen molar-refractivity contribution >= 4 is 11.3 Å². The summed E-state index contributed by atoms with van der Waals surface area (Å²) in [5, 5.41) is 8.53. The van der Waals surface area contributed by atoms with Crippen LogP contribution in [0, 0.1) is 11.3 Å². The van der Waals surface area contributed by atoms with Crippen LogP contribution in [-0.2, 0) is 6.42 Å². The highest BCUT2D eigenvalue weighted by Crippen LogP contribution is 2.15. The van der Waals surface area contributed by atoms with Crippen LogP contribution in [0.15, 0.2) is 24.4 Å². The first-order chi connectivity index (χ1) is 7.77. The monoisotopic (exact) mass is 213 g/mol. The maximum absolute atomic E-state index is 11.7. The van der Waals surface area contributed by atoms with Crippen molar-refractivity contribution < 1.29 is 4.79 Å². The highest BCUT2D eigenvalue weighted by molar-refractivity contribution is 6.01. The zero-order valence-corrected chi connectivity index (χ0v) is 8.97. The molecule has 2 rings (SSSR count). The molecule has 2 heterocycles. The van der Waals surface area contributed by atoms with Crippen LogP contribution in [0.4, 0.5) is 0 Å². The van der Waals surface area contributed by atoms with Crippen LogP contribution in [0.5, 0.6) is 0 Å². The van der Waals surface area contributed by atoms with Crippen molar-refractivity contribution in [1.29, 1.82) is 5.26 Å². The van der Waals surface area contributed by atoms with E-state index in [0.29, 0.717) is 5.69 Å². The number of hydrogen-bond donors (Lipinski definition) is 0. The molecule has 16 heavy (non-hydrogen) atoms. The molecule has 80 valence electrons. The molecule has 2 aromatic rings. The molecule has 4 heteroatoms. The normalized spacial score (nSPS) is 10.2. The number of aryl methyl sites for hydroxylation is 1. The van der Waals surface area contributed by atoms with Crippen molar-refractivity contribution in [3.8, 4) is 6.07 Å². The third kappa shape index (κ3) is 1.57. The van der Waals surface area contributed by atoms with Gasteiger partial charge in [0.15, 0.2) is 5.78 Å². The second kappa shape index (κ2) is 4.15. The second-order valence-corrected chi connectivity index (χ2v) is 3.44. The number of carbonyl (C=O) groups is 1. The van der Waals surface area contributed by atoms with Gasteiger partial charge < -0.3 is 4.40 Å². The number of carbonyl (C=O) groups excluding carboxylic acids is 1. The number of aromatic nitrogens is 2. The Morgan fingerprint density at radius 1 is 1.56 bits per heavy atom. The van der Waals surface area contributed by atoms with Gasteiger partial charge in [0.1, 0.15) is 17.9 Å². The number of nitrogens with zero attached hydrogens (tertiary/aromatic N) is 3. The predicted molar refractivity (Wildman–Crippen MR) is 59.1 cm³/mol. The van der Waals surface area contributed by atoms with E-state index in [-0.39, 0.29) is 12.2 Å². The van der Waals surface area contributed by atoms with Crippen LogP contribution in [0.1, 0.15) is 29.7 Å². The molecule has 0 N–H and O–H groups in total. The number of nitriles is 1. The average molecular weight is 213 g/mol. The average Bonchev–Trinajstić information content (AvgIpc) is 2.68. The van der Waals surface area contributed by atoms with Crippen LogP contribution >= 0.6 is 0 Å². The number of Topliss-reactive ketones (excluding diaryl/α,β-unsaturated/α-hetero) is 1. The van der Waals surface area contributed by atoms with E-state index in [9.17, 15) is 4.79 Å². The molecule has 4 nitrogen and oxygen atoms in total. The minimum absolute atomic E-state index is 0.120. The van der Waals surface area contributed by atoms with E-state index in [0.717, 1.165) is 17.8 Å². The minimum atomic E-state index is -0.217. The SMILES string of the molecule is CCc1nc(C(=O)CC#N)c2ccccn12. The molecule has 0 saturated carbocycles. The topological polar surface area (TPSA) is 58.2 Å². The molecule has 0 aliphatic heterocycles. The number of rotatable bonds is 3. The highest BCUT2D eigenvalue weighted by atomic mass is 16.1. The van der Waals surface area contributed by atoms with E-state index in [1.54, 1.807) is 0 Å². The van der Waals surface area contributed by atoms with Gasteiger partial charge in [0.25, 0.3) is 0 Å². The summed E-state index contributed by atoms with van der Waals surface area (Å²) in [6, 6.07) is 7.46. The Hall–Kier alpha value is -2.15. The van der Waals surface area contributed by atoms with Gasteiger partial charge in [0.2, 0.25) is 0 Å². The lowest BCUT2D eigenvalue weighted by molar-refractivity contribution is 0.0995. The predicted octanol–water partition coefficient (Wildman–Crippen LogP) is 1.99. The molecule has 0 aliphatic carbocycles. The van der Waals surface area contributed by atoms with Crippen molar-refractivity contribution in [3.63, 3.8) is 0 Å². The fraction of sp³-hybridized carbons (Fsp3) is 0.250. The summed E-state index contributed by atoms with van der Waals surface area (Å²) < 4.78 is 1.89. The Balaban J connectivity index is 2.63. The Morgan fingerprint density at radius 3 is 3.06 bits per heavy atom. The maximum Gasteiger partial charge on any atom is 0.197 e. The number of hydrogen-bond acceptors (Lipinski definition) is 3. The Bertz CT molecular complexity index is 577. The number of pyridine rings is 1. The number of imidazole rings is 1. The third-order valence-corrected chi connectivity index (χ3v) is 2.44. The fourth-order valence-corrected chi connectivity index (χ4v) is 1.71. The smallest absolute Gasteiger partial charge is 0.197 e. The maximum atomic E-state index is 11.7. The summed E-state index contributed by atoms with van der Waals surface area (Å²) in [5.74, 6) is 0.628. The molecule has 0 amide bonds. The molecular formula is C12H11N3O. The lowest BCUT2D eigenvalue weighted by Gasteiger charge is -1.96. The zero-order valence-electron chi connectivity index (χ0n) is 8.97. The molecule has 0 bridgehead atoms. The van der Waals surface area contributed by atoms with Crippen molar-refractivity contribution in [1.82, 2.24) is 9.38 Å².